The van der Waals surface area contributed by atoms with Gasteiger partial charge in [0.05, 0.1) is 80.9 Å². The molecule has 14 nitrogen and oxygen atoms in total. The SMILES string of the molecule is COC(=O)CC(C1=C(O)C(=O)C(C(CC(=O)OC)c2ccc(OC)c(OC)c2OC)=C(O)C1=O)c1ccc(OC)c(OC)c1OC. The first-order valence-electron chi connectivity index (χ1n) is 13.7. The summed E-state index contributed by atoms with van der Waals surface area (Å²) in [5.41, 5.74) is -0.953. The molecule has 2 unspecified atom stereocenters. The maximum atomic E-state index is 14.0. The van der Waals surface area contributed by atoms with Crippen LogP contribution in [0.3, 0.4) is 0 Å². The largest absolute Gasteiger partial charge is 0.504 e. The van der Waals surface area contributed by atoms with E-state index in [0.717, 1.165) is 14.2 Å². The van der Waals surface area contributed by atoms with Crippen LogP contribution in [-0.2, 0) is 28.7 Å². The van der Waals surface area contributed by atoms with E-state index in [-0.39, 0.29) is 45.6 Å². The van der Waals surface area contributed by atoms with Gasteiger partial charge in [-0.2, -0.15) is 0 Å². The molecule has 1 aliphatic rings. The van der Waals surface area contributed by atoms with Crippen LogP contribution in [0.5, 0.6) is 34.5 Å². The van der Waals surface area contributed by atoms with Crippen molar-refractivity contribution < 1.29 is 67.3 Å². The third kappa shape index (κ3) is 6.36. The van der Waals surface area contributed by atoms with Gasteiger partial charge in [0.15, 0.2) is 34.5 Å². The predicted octanol–water partition coefficient (Wildman–Crippen LogP) is 3.51. The summed E-state index contributed by atoms with van der Waals surface area (Å²) < 4.78 is 42.3. The Kier molecular flexibility index (Phi) is 11.5. The fourth-order valence-corrected chi connectivity index (χ4v) is 5.39. The Balaban J connectivity index is 2.32. The number of allylic oxidation sites excluding steroid dienone is 2. The highest BCUT2D eigenvalue weighted by Gasteiger charge is 2.45. The quantitative estimate of drug-likeness (QED) is 0.225. The number of carbonyl (C=O) groups excluding carboxylic acids is 4. The molecule has 3 rings (SSSR count). The van der Waals surface area contributed by atoms with Crippen molar-refractivity contribution in [1.29, 1.82) is 0 Å². The second-order valence-corrected chi connectivity index (χ2v) is 9.70. The van der Waals surface area contributed by atoms with E-state index < -0.39 is 70.8 Å². The third-order valence-electron chi connectivity index (χ3n) is 7.54. The van der Waals surface area contributed by atoms with Crippen molar-refractivity contribution in [1.82, 2.24) is 0 Å². The Morgan fingerprint density at radius 2 is 0.870 bits per heavy atom. The topological polar surface area (TPSA) is 183 Å². The zero-order valence-corrected chi connectivity index (χ0v) is 26.7. The summed E-state index contributed by atoms with van der Waals surface area (Å²) in [6, 6.07) is 5.86. The minimum absolute atomic E-state index is 0.0317. The molecule has 1 aliphatic carbocycles. The summed E-state index contributed by atoms with van der Waals surface area (Å²) in [5.74, 6) is -8.12. The Labute approximate surface area is 265 Å². The molecule has 2 aromatic carbocycles. The Morgan fingerprint density at radius 1 is 0.543 bits per heavy atom. The van der Waals surface area contributed by atoms with Crippen LogP contribution in [0, 0.1) is 0 Å². The highest BCUT2D eigenvalue weighted by molar-refractivity contribution is 6.24. The number of ether oxygens (including phenoxy) is 8. The Hall–Kier alpha value is -5.40. The number of Topliss-reactive ketones (excluding diaryl/α,β-unsaturated/α-hetero) is 2. The molecule has 0 fully saturated rings. The van der Waals surface area contributed by atoms with Gasteiger partial charge in [-0.1, -0.05) is 12.1 Å². The monoisotopic (exact) mass is 644 g/mol. The van der Waals surface area contributed by atoms with Crippen molar-refractivity contribution in [2.75, 3.05) is 56.9 Å². The lowest BCUT2D eigenvalue weighted by Gasteiger charge is -2.29. The minimum Gasteiger partial charge on any atom is -0.504 e. The maximum Gasteiger partial charge on any atom is 0.306 e. The molecule has 0 aromatic heterocycles. The molecule has 0 spiro atoms. The van der Waals surface area contributed by atoms with Gasteiger partial charge in [0.25, 0.3) is 0 Å². The van der Waals surface area contributed by atoms with Crippen LogP contribution < -0.4 is 28.4 Å². The van der Waals surface area contributed by atoms with E-state index in [1.807, 2.05) is 0 Å². The normalized spacial score (nSPS) is 14.3. The van der Waals surface area contributed by atoms with Crippen LogP contribution in [0.1, 0.15) is 35.8 Å². The number of carbonyl (C=O) groups is 4. The number of ketones is 2. The van der Waals surface area contributed by atoms with Gasteiger partial charge in [0.2, 0.25) is 23.1 Å². The first kappa shape index (κ1) is 35.1. The second kappa shape index (κ2) is 15.1. The van der Waals surface area contributed by atoms with E-state index in [4.69, 9.17) is 37.9 Å². The van der Waals surface area contributed by atoms with E-state index in [2.05, 4.69) is 0 Å². The van der Waals surface area contributed by atoms with Crippen LogP contribution in [0.2, 0.25) is 0 Å². The van der Waals surface area contributed by atoms with Crippen LogP contribution in [0.15, 0.2) is 46.9 Å². The van der Waals surface area contributed by atoms with Gasteiger partial charge in [-0.15, -0.1) is 0 Å². The van der Waals surface area contributed by atoms with Gasteiger partial charge in [-0.05, 0) is 12.1 Å². The molecule has 14 heteroatoms. The molecule has 0 aliphatic heterocycles. The smallest absolute Gasteiger partial charge is 0.306 e. The third-order valence-corrected chi connectivity index (χ3v) is 7.54. The molecular formula is C32H36O14. The summed E-state index contributed by atoms with van der Waals surface area (Å²) in [5, 5.41) is 22.8. The number of benzene rings is 2. The van der Waals surface area contributed by atoms with E-state index in [0.29, 0.717) is 0 Å². The van der Waals surface area contributed by atoms with Gasteiger partial charge in [-0.25, -0.2) is 0 Å². The zero-order valence-electron chi connectivity index (χ0n) is 26.7. The number of aliphatic hydroxyl groups is 2. The van der Waals surface area contributed by atoms with Crippen molar-refractivity contribution in [3.05, 3.63) is 58.1 Å². The molecule has 248 valence electrons. The zero-order chi connectivity index (χ0) is 34.3. The fourth-order valence-electron chi connectivity index (χ4n) is 5.39. The van der Waals surface area contributed by atoms with E-state index in [9.17, 15) is 29.4 Å². The van der Waals surface area contributed by atoms with Crippen molar-refractivity contribution in [3.63, 3.8) is 0 Å². The average molecular weight is 645 g/mol. The molecule has 0 saturated heterocycles. The standard InChI is InChI=1S/C32H36O14/c1-39-19-11-9-15(29(43-5)31(19)45-7)17(13-21(33)41-3)23-25(35)27(37)24(28(38)26(23)36)18(14-22(34)42-4)16-10-12-20(40-2)32(46-8)30(16)44-6/h9-12,17-18,35,38H,13-14H2,1-8H3. The van der Waals surface area contributed by atoms with Gasteiger partial charge >= 0.3 is 11.9 Å². The maximum absolute atomic E-state index is 14.0. The Morgan fingerprint density at radius 3 is 1.13 bits per heavy atom. The number of esters is 2. The molecule has 0 amide bonds. The summed E-state index contributed by atoms with van der Waals surface area (Å²) >= 11 is 0. The molecule has 0 heterocycles. The highest BCUT2D eigenvalue weighted by Crippen LogP contribution is 2.50. The summed E-state index contributed by atoms with van der Waals surface area (Å²) in [4.78, 5) is 53.2. The molecule has 2 aromatic rings. The molecular weight excluding hydrogens is 608 g/mol. The minimum atomic E-state index is -1.38. The number of rotatable bonds is 14. The van der Waals surface area contributed by atoms with Crippen molar-refractivity contribution >= 4 is 23.5 Å². The molecule has 2 atom stereocenters. The predicted molar refractivity (Wildman–Crippen MR) is 160 cm³/mol. The lowest BCUT2D eigenvalue weighted by Crippen LogP contribution is -2.31. The van der Waals surface area contributed by atoms with E-state index in [1.165, 1.54) is 66.9 Å². The van der Waals surface area contributed by atoms with Gasteiger partial charge in [-0.3, -0.25) is 19.2 Å². The molecule has 2 N–H and O–H groups in total. The van der Waals surface area contributed by atoms with E-state index in [1.54, 1.807) is 0 Å². The number of aliphatic hydroxyl groups excluding tert-OH is 2. The molecule has 46 heavy (non-hydrogen) atoms. The second-order valence-electron chi connectivity index (χ2n) is 9.70. The molecule has 0 radical (unpaired) electrons. The first-order valence-corrected chi connectivity index (χ1v) is 13.7. The molecule has 0 bridgehead atoms. The summed E-state index contributed by atoms with van der Waals surface area (Å²) in [7, 11) is 10.3. The van der Waals surface area contributed by atoms with Gasteiger partial charge in [0.1, 0.15) is 0 Å². The van der Waals surface area contributed by atoms with Crippen molar-refractivity contribution in [3.8, 4) is 34.5 Å². The lowest BCUT2D eigenvalue weighted by atomic mass is 9.75. The van der Waals surface area contributed by atoms with Crippen LogP contribution in [0.25, 0.3) is 0 Å². The molecule has 0 saturated carbocycles. The Bertz CT molecular complexity index is 1470. The van der Waals surface area contributed by atoms with Gasteiger partial charge < -0.3 is 48.1 Å². The fraction of sp³-hybridized carbons (Fsp3) is 0.375. The van der Waals surface area contributed by atoms with E-state index >= 15 is 0 Å². The number of methoxy groups -OCH3 is 8. The van der Waals surface area contributed by atoms with Crippen molar-refractivity contribution in [2.45, 2.75) is 24.7 Å². The van der Waals surface area contributed by atoms with Crippen molar-refractivity contribution in [2.24, 2.45) is 0 Å². The average Bonchev–Trinajstić information content (AvgIpc) is 3.07. The lowest BCUT2D eigenvalue weighted by molar-refractivity contribution is -0.142. The van der Waals surface area contributed by atoms with Crippen LogP contribution >= 0.6 is 0 Å². The van der Waals surface area contributed by atoms with Crippen LogP contribution in [-0.4, -0.2) is 90.6 Å². The van der Waals surface area contributed by atoms with Crippen LogP contribution in [0.4, 0.5) is 0 Å². The number of hydrogen-bond donors (Lipinski definition) is 2. The number of hydrogen-bond acceptors (Lipinski definition) is 14. The first-order chi connectivity index (χ1) is 22.0. The summed E-state index contributed by atoms with van der Waals surface area (Å²) in [6.45, 7) is 0. The summed E-state index contributed by atoms with van der Waals surface area (Å²) in [6.07, 6.45) is -1.11. The van der Waals surface area contributed by atoms with Gasteiger partial charge in [0, 0.05) is 23.0 Å². The highest BCUT2D eigenvalue weighted by atomic mass is 16.5.